The Kier molecular flexibility index (Phi) is 8.53. The van der Waals surface area contributed by atoms with Crippen molar-refractivity contribution < 1.29 is 19.1 Å². The molecule has 0 N–H and O–H groups in total. The van der Waals surface area contributed by atoms with Crippen LogP contribution in [0.1, 0.15) is 39.0 Å². The van der Waals surface area contributed by atoms with Gasteiger partial charge >= 0.3 is 5.97 Å². The summed E-state index contributed by atoms with van der Waals surface area (Å²) < 4.78 is 10.0. The van der Waals surface area contributed by atoms with Crippen molar-refractivity contribution in [2.75, 3.05) is 33.4 Å². The number of esters is 1. The van der Waals surface area contributed by atoms with Crippen LogP contribution in [0.5, 0.6) is 0 Å². The molecule has 0 spiro atoms. The van der Waals surface area contributed by atoms with Crippen molar-refractivity contribution in [1.82, 2.24) is 4.90 Å². The summed E-state index contributed by atoms with van der Waals surface area (Å²) in [4.78, 5) is 25.5. The molecule has 1 rings (SSSR count). The Labute approximate surface area is 127 Å². The number of carbonyl (C=O) groups is 2. The highest BCUT2D eigenvalue weighted by molar-refractivity contribution is 5.76. The minimum atomic E-state index is -0.237. The molecule has 1 aliphatic rings. The molecule has 0 bridgehead atoms. The molecule has 0 aromatic heterocycles. The van der Waals surface area contributed by atoms with Crippen LogP contribution in [-0.2, 0) is 19.1 Å². The molecule has 21 heavy (non-hydrogen) atoms. The highest BCUT2D eigenvalue weighted by Crippen LogP contribution is 2.15. The Bertz CT molecular complexity index is 391. The third-order valence-electron chi connectivity index (χ3n) is 3.49. The van der Waals surface area contributed by atoms with E-state index in [2.05, 4.69) is 11.8 Å². The topological polar surface area (TPSA) is 55.8 Å². The van der Waals surface area contributed by atoms with Crippen molar-refractivity contribution in [1.29, 1.82) is 0 Å². The molecule has 0 aliphatic carbocycles. The summed E-state index contributed by atoms with van der Waals surface area (Å²) in [6.45, 7) is 4.54. The quantitative estimate of drug-likeness (QED) is 0.552. The average Bonchev–Trinajstić information content (AvgIpc) is 2.53. The van der Waals surface area contributed by atoms with E-state index in [-0.39, 0.29) is 17.8 Å². The predicted octanol–water partition coefficient (Wildman–Crippen LogP) is 1.61. The van der Waals surface area contributed by atoms with Crippen LogP contribution in [0.15, 0.2) is 0 Å². The molecule has 1 amide bonds. The van der Waals surface area contributed by atoms with Gasteiger partial charge < -0.3 is 14.4 Å². The second-order valence-corrected chi connectivity index (χ2v) is 5.02. The van der Waals surface area contributed by atoms with Gasteiger partial charge in [-0.2, -0.15) is 0 Å². The lowest BCUT2D eigenvalue weighted by molar-refractivity contribution is -0.146. The van der Waals surface area contributed by atoms with Gasteiger partial charge in [0.2, 0.25) is 5.91 Å². The summed E-state index contributed by atoms with van der Waals surface area (Å²) in [6, 6.07) is 0. The summed E-state index contributed by atoms with van der Waals surface area (Å²) >= 11 is 0. The summed E-state index contributed by atoms with van der Waals surface area (Å²) in [7, 11) is 1.39. The van der Waals surface area contributed by atoms with Crippen LogP contribution in [0.4, 0.5) is 0 Å². The summed E-state index contributed by atoms with van der Waals surface area (Å²) in [5, 5.41) is 0. The van der Waals surface area contributed by atoms with Crippen LogP contribution in [-0.4, -0.2) is 50.2 Å². The first-order chi connectivity index (χ1) is 10.2. The molecule has 1 fully saturated rings. The Balaban J connectivity index is 2.34. The van der Waals surface area contributed by atoms with Crippen molar-refractivity contribution in [2.24, 2.45) is 5.92 Å². The summed E-state index contributed by atoms with van der Waals surface area (Å²) in [5.41, 5.74) is 0. The van der Waals surface area contributed by atoms with Gasteiger partial charge in [-0.05, 0) is 12.8 Å². The molecular formula is C16H25NO4. The molecule has 0 aromatic rings. The number of rotatable bonds is 6. The van der Waals surface area contributed by atoms with Gasteiger partial charge in [-0.25, -0.2) is 0 Å². The van der Waals surface area contributed by atoms with E-state index in [1.54, 1.807) is 0 Å². The van der Waals surface area contributed by atoms with E-state index in [1.807, 2.05) is 11.8 Å². The van der Waals surface area contributed by atoms with Gasteiger partial charge in [0.1, 0.15) is 0 Å². The van der Waals surface area contributed by atoms with Crippen molar-refractivity contribution in [3.05, 3.63) is 0 Å². The lowest BCUT2D eigenvalue weighted by atomic mass is 9.98. The Morgan fingerprint density at radius 3 is 2.62 bits per heavy atom. The maximum Gasteiger partial charge on any atom is 0.309 e. The molecule has 5 nitrogen and oxygen atoms in total. The fraction of sp³-hybridized carbons (Fsp3) is 0.750. The van der Waals surface area contributed by atoms with Crippen LogP contribution in [0.25, 0.3) is 0 Å². The number of morpholine rings is 1. The van der Waals surface area contributed by atoms with Gasteiger partial charge in [-0.15, -0.1) is 11.8 Å². The molecule has 1 heterocycles. The molecule has 1 saturated heterocycles. The lowest BCUT2D eigenvalue weighted by Crippen LogP contribution is -2.40. The molecule has 118 valence electrons. The first-order valence-electron chi connectivity index (χ1n) is 7.58. The third-order valence-corrected chi connectivity index (χ3v) is 3.49. The molecule has 0 saturated carbocycles. The maximum absolute atomic E-state index is 12.0. The van der Waals surface area contributed by atoms with Gasteiger partial charge in [0.15, 0.2) is 0 Å². The van der Waals surface area contributed by atoms with Gasteiger partial charge in [0.25, 0.3) is 0 Å². The van der Waals surface area contributed by atoms with E-state index in [0.29, 0.717) is 52.0 Å². The first kappa shape index (κ1) is 17.5. The summed E-state index contributed by atoms with van der Waals surface area (Å²) in [5.74, 6) is 5.62. The zero-order valence-corrected chi connectivity index (χ0v) is 13.0. The molecular weight excluding hydrogens is 270 g/mol. The SMILES string of the molecule is CCC#CCC(CCCC(=O)N1CCOCC1)C(=O)OC. The molecule has 5 heteroatoms. The van der Waals surface area contributed by atoms with Crippen molar-refractivity contribution in [3.8, 4) is 11.8 Å². The zero-order chi connectivity index (χ0) is 15.5. The number of hydrogen-bond acceptors (Lipinski definition) is 4. The second-order valence-electron chi connectivity index (χ2n) is 5.02. The van der Waals surface area contributed by atoms with E-state index in [9.17, 15) is 9.59 Å². The van der Waals surface area contributed by atoms with E-state index < -0.39 is 0 Å². The van der Waals surface area contributed by atoms with Crippen molar-refractivity contribution in [3.63, 3.8) is 0 Å². The van der Waals surface area contributed by atoms with Crippen molar-refractivity contribution >= 4 is 11.9 Å². The fourth-order valence-corrected chi connectivity index (χ4v) is 2.26. The highest BCUT2D eigenvalue weighted by atomic mass is 16.5. The Hall–Kier alpha value is -1.54. The number of carbonyl (C=O) groups excluding carboxylic acids is 2. The zero-order valence-electron chi connectivity index (χ0n) is 13.0. The van der Waals surface area contributed by atoms with Crippen LogP contribution in [0.3, 0.4) is 0 Å². The Morgan fingerprint density at radius 1 is 1.29 bits per heavy atom. The average molecular weight is 295 g/mol. The largest absolute Gasteiger partial charge is 0.469 e. The smallest absolute Gasteiger partial charge is 0.309 e. The van der Waals surface area contributed by atoms with Gasteiger partial charge in [0.05, 0.1) is 26.2 Å². The van der Waals surface area contributed by atoms with Gasteiger partial charge in [-0.1, -0.05) is 6.92 Å². The summed E-state index contributed by atoms with van der Waals surface area (Å²) in [6.07, 6.45) is 3.08. The molecule has 1 aliphatic heterocycles. The fourth-order valence-electron chi connectivity index (χ4n) is 2.26. The number of methoxy groups -OCH3 is 1. The maximum atomic E-state index is 12.0. The van der Waals surface area contributed by atoms with Crippen LogP contribution in [0.2, 0.25) is 0 Å². The Morgan fingerprint density at radius 2 is 2.00 bits per heavy atom. The van der Waals surface area contributed by atoms with E-state index in [4.69, 9.17) is 9.47 Å². The van der Waals surface area contributed by atoms with E-state index in [0.717, 1.165) is 6.42 Å². The van der Waals surface area contributed by atoms with Crippen LogP contribution >= 0.6 is 0 Å². The molecule has 1 atom stereocenters. The van der Waals surface area contributed by atoms with Gasteiger partial charge in [0, 0.05) is 32.4 Å². The van der Waals surface area contributed by atoms with Crippen LogP contribution < -0.4 is 0 Å². The van der Waals surface area contributed by atoms with E-state index >= 15 is 0 Å². The minimum absolute atomic E-state index is 0.140. The molecule has 0 aromatic carbocycles. The predicted molar refractivity (Wildman–Crippen MR) is 79.4 cm³/mol. The number of hydrogen-bond donors (Lipinski definition) is 0. The third kappa shape index (κ3) is 6.63. The molecule has 0 radical (unpaired) electrons. The van der Waals surface area contributed by atoms with Gasteiger partial charge in [-0.3, -0.25) is 9.59 Å². The second kappa shape index (κ2) is 10.2. The normalized spacial score (nSPS) is 15.8. The lowest BCUT2D eigenvalue weighted by Gasteiger charge is -2.27. The highest BCUT2D eigenvalue weighted by Gasteiger charge is 2.20. The van der Waals surface area contributed by atoms with Crippen molar-refractivity contribution in [2.45, 2.75) is 39.0 Å². The van der Waals surface area contributed by atoms with Crippen LogP contribution in [0, 0.1) is 17.8 Å². The minimum Gasteiger partial charge on any atom is -0.469 e. The first-order valence-corrected chi connectivity index (χ1v) is 7.58. The number of nitrogens with zero attached hydrogens (tertiary/aromatic N) is 1. The monoisotopic (exact) mass is 295 g/mol. The molecule has 1 unspecified atom stereocenters. The number of ether oxygens (including phenoxy) is 2. The number of amides is 1. The standard InChI is InChI=1S/C16H25NO4/c1-3-4-5-7-14(16(19)20-2)8-6-9-15(18)17-10-12-21-13-11-17/h14H,3,6-13H2,1-2H3. The van der Waals surface area contributed by atoms with E-state index in [1.165, 1.54) is 7.11 Å².